The van der Waals surface area contributed by atoms with Crippen molar-refractivity contribution in [1.82, 2.24) is 25.3 Å². The molecule has 0 fully saturated rings. The fraction of sp³-hybridized carbons (Fsp3) is 0.259. The van der Waals surface area contributed by atoms with Crippen LogP contribution in [0.2, 0.25) is 0 Å². The van der Waals surface area contributed by atoms with Gasteiger partial charge in [0.25, 0.3) is 0 Å². The predicted molar refractivity (Wildman–Crippen MR) is 150 cm³/mol. The van der Waals surface area contributed by atoms with Crippen LogP contribution in [0.1, 0.15) is 43.9 Å². The SMILES string of the molecule is C=NN1C=C(c2nc(CN/C(C)=C/C(Br)=C\C/C=C\C)[nH]c2-c2cccc(C)n2)CC=C/C1=N/C. The second kappa shape index (κ2) is 12.8. The van der Waals surface area contributed by atoms with Gasteiger partial charge in [0, 0.05) is 41.4 Å². The average molecular weight is 535 g/mol. The molecule has 0 aliphatic carbocycles. The zero-order chi connectivity index (χ0) is 25.2. The number of allylic oxidation sites excluding steroid dienone is 8. The van der Waals surface area contributed by atoms with E-state index in [-0.39, 0.29) is 0 Å². The van der Waals surface area contributed by atoms with E-state index in [1.807, 2.05) is 57.3 Å². The Balaban J connectivity index is 1.93. The minimum absolute atomic E-state index is 0.546. The third kappa shape index (κ3) is 7.23. The summed E-state index contributed by atoms with van der Waals surface area (Å²) in [5.41, 5.74) is 5.53. The van der Waals surface area contributed by atoms with Gasteiger partial charge in [-0.2, -0.15) is 5.10 Å². The van der Waals surface area contributed by atoms with Gasteiger partial charge in [-0.3, -0.25) is 9.98 Å². The molecule has 35 heavy (non-hydrogen) atoms. The molecule has 0 aromatic carbocycles. The molecule has 3 rings (SSSR count). The maximum Gasteiger partial charge on any atom is 0.148 e. The first-order valence-electron chi connectivity index (χ1n) is 11.5. The number of hydrogen-bond donors (Lipinski definition) is 2. The van der Waals surface area contributed by atoms with Crippen molar-refractivity contribution in [2.75, 3.05) is 7.05 Å². The van der Waals surface area contributed by atoms with Gasteiger partial charge in [-0.05, 0) is 57.9 Å². The van der Waals surface area contributed by atoms with Crippen LogP contribution in [-0.4, -0.2) is 39.6 Å². The van der Waals surface area contributed by atoms with Gasteiger partial charge < -0.3 is 10.3 Å². The molecular weight excluding hydrogens is 502 g/mol. The third-order valence-electron chi connectivity index (χ3n) is 5.27. The summed E-state index contributed by atoms with van der Waals surface area (Å²) >= 11 is 3.61. The van der Waals surface area contributed by atoms with Crippen LogP contribution in [-0.2, 0) is 6.54 Å². The van der Waals surface area contributed by atoms with Gasteiger partial charge in [-0.15, -0.1) is 0 Å². The smallest absolute Gasteiger partial charge is 0.148 e. The number of rotatable bonds is 9. The second-order valence-corrected chi connectivity index (χ2v) is 8.89. The van der Waals surface area contributed by atoms with Crippen LogP contribution in [0.25, 0.3) is 17.0 Å². The number of amidine groups is 1. The summed E-state index contributed by atoms with van der Waals surface area (Å²) in [6.07, 6.45) is 15.8. The standard InChI is InChI=1S/C27H32BrN7/c1-6-7-8-13-22(28)16-20(3)31-17-24-33-26(27(34-24)23-14-9-11-19(2)32-23)21-12-10-15-25(29-4)35(18-21)30-5/h6-7,9-11,13-16,18,31H,5,8,12,17H2,1-4H3,(H,33,34)/b7-6-,20-16+,22-13+,29-25-. The summed E-state index contributed by atoms with van der Waals surface area (Å²) in [6.45, 7) is 10.3. The van der Waals surface area contributed by atoms with Crippen LogP contribution in [0, 0.1) is 6.92 Å². The maximum absolute atomic E-state index is 4.96. The highest BCUT2D eigenvalue weighted by Gasteiger charge is 2.19. The van der Waals surface area contributed by atoms with Crippen molar-refractivity contribution in [3.63, 3.8) is 0 Å². The molecule has 0 amide bonds. The molecule has 0 unspecified atom stereocenters. The Kier molecular flexibility index (Phi) is 9.55. The number of aryl methyl sites for hydroxylation is 1. The Morgan fingerprint density at radius 3 is 2.89 bits per heavy atom. The third-order valence-corrected chi connectivity index (χ3v) is 5.83. The zero-order valence-electron chi connectivity index (χ0n) is 20.7. The summed E-state index contributed by atoms with van der Waals surface area (Å²) in [7, 11) is 1.74. The van der Waals surface area contributed by atoms with Gasteiger partial charge in [0.1, 0.15) is 11.7 Å². The molecule has 0 saturated carbocycles. The number of imidazole rings is 1. The average Bonchev–Trinajstić information content (AvgIpc) is 3.16. The molecule has 0 spiro atoms. The van der Waals surface area contributed by atoms with Gasteiger partial charge in [0.15, 0.2) is 0 Å². The van der Waals surface area contributed by atoms with E-state index in [0.717, 1.165) is 56.6 Å². The minimum atomic E-state index is 0.546. The van der Waals surface area contributed by atoms with Crippen LogP contribution in [0.5, 0.6) is 0 Å². The second-order valence-electron chi connectivity index (χ2n) is 7.97. The summed E-state index contributed by atoms with van der Waals surface area (Å²) in [4.78, 5) is 17.5. The molecular formula is C27H32BrN7. The molecule has 1 aliphatic heterocycles. The monoisotopic (exact) mass is 533 g/mol. The summed E-state index contributed by atoms with van der Waals surface area (Å²) in [5.74, 6) is 1.54. The number of aliphatic imine (C=N–C) groups is 1. The Bertz CT molecular complexity index is 1230. The Morgan fingerprint density at radius 1 is 1.34 bits per heavy atom. The molecule has 8 heteroatoms. The number of H-pyrrole nitrogens is 1. The lowest BCUT2D eigenvalue weighted by Crippen LogP contribution is -2.17. The van der Waals surface area contributed by atoms with Crippen molar-refractivity contribution in [3.05, 3.63) is 88.2 Å². The normalized spacial score (nSPS) is 16.1. The number of pyridine rings is 1. The lowest BCUT2D eigenvalue weighted by Gasteiger charge is -2.13. The number of hydrazone groups is 1. The first-order chi connectivity index (χ1) is 16.9. The molecule has 182 valence electrons. The Labute approximate surface area is 216 Å². The quantitative estimate of drug-likeness (QED) is 0.226. The highest BCUT2D eigenvalue weighted by molar-refractivity contribution is 9.11. The van der Waals surface area contributed by atoms with Gasteiger partial charge in [-0.1, -0.05) is 46.3 Å². The van der Waals surface area contributed by atoms with E-state index in [1.165, 1.54) is 0 Å². The molecule has 0 radical (unpaired) electrons. The Hall–Kier alpha value is -3.52. The van der Waals surface area contributed by atoms with Crippen molar-refractivity contribution in [2.24, 2.45) is 10.1 Å². The van der Waals surface area contributed by atoms with Crippen LogP contribution in [0.15, 0.2) is 81.1 Å². The van der Waals surface area contributed by atoms with Gasteiger partial charge in [0.2, 0.25) is 0 Å². The molecule has 0 bridgehead atoms. The first-order valence-corrected chi connectivity index (χ1v) is 12.3. The lowest BCUT2D eigenvalue weighted by molar-refractivity contribution is 0.612. The van der Waals surface area contributed by atoms with E-state index in [2.05, 4.69) is 67.3 Å². The van der Waals surface area contributed by atoms with Gasteiger partial charge >= 0.3 is 0 Å². The molecule has 3 heterocycles. The Morgan fingerprint density at radius 2 is 2.17 bits per heavy atom. The number of nitrogens with zero attached hydrogens (tertiary/aromatic N) is 5. The van der Waals surface area contributed by atoms with Gasteiger partial charge in [-0.25, -0.2) is 9.99 Å². The molecule has 2 N–H and O–H groups in total. The maximum atomic E-state index is 4.96. The molecule has 0 atom stereocenters. The topological polar surface area (TPSA) is 81.6 Å². The van der Waals surface area contributed by atoms with Crippen molar-refractivity contribution in [3.8, 4) is 11.4 Å². The lowest BCUT2D eigenvalue weighted by atomic mass is 10.1. The largest absolute Gasteiger partial charge is 0.381 e. The first kappa shape index (κ1) is 26.1. The van der Waals surface area contributed by atoms with E-state index in [1.54, 1.807) is 12.1 Å². The van der Waals surface area contributed by atoms with Gasteiger partial charge in [0.05, 0.1) is 23.6 Å². The number of halogens is 1. The van der Waals surface area contributed by atoms with Crippen LogP contribution in [0.3, 0.4) is 0 Å². The number of nitrogens with one attached hydrogen (secondary N) is 2. The fourth-order valence-corrected chi connectivity index (χ4v) is 4.08. The van der Waals surface area contributed by atoms with E-state index in [9.17, 15) is 0 Å². The van der Waals surface area contributed by atoms with E-state index in [4.69, 9.17) is 9.97 Å². The van der Waals surface area contributed by atoms with Crippen LogP contribution >= 0.6 is 15.9 Å². The molecule has 0 saturated heterocycles. The molecule has 2 aromatic rings. The predicted octanol–water partition coefficient (Wildman–Crippen LogP) is 6.27. The summed E-state index contributed by atoms with van der Waals surface area (Å²) < 4.78 is 1.03. The molecule has 7 nitrogen and oxygen atoms in total. The van der Waals surface area contributed by atoms with Crippen molar-refractivity contribution in [2.45, 2.75) is 40.2 Å². The van der Waals surface area contributed by atoms with Crippen molar-refractivity contribution in [1.29, 1.82) is 0 Å². The highest BCUT2D eigenvalue weighted by Crippen LogP contribution is 2.30. The molecule has 1 aliphatic rings. The zero-order valence-corrected chi connectivity index (χ0v) is 22.3. The summed E-state index contributed by atoms with van der Waals surface area (Å²) in [5, 5.41) is 9.22. The van der Waals surface area contributed by atoms with E-state index in [0.29, 0.717) is 13.0 Å². The molecule has 2 aromatic heterocycles. The number of hydrogen-bond acceptors (Lipinski definition) is 5. The van der Waals surface area contributed by atoms with Crippen molar-refractivity contribution < 1.29 is 0 Å². The fourth-order valence-electron chi connectivity index (χ4n) is 3.54. The van der Waals surface area contributed by atoms with Crippen molar-refractivity contribution >= 4 is 34.1 Å². The van der Waals surface area contributed by atoms with E-state index >= 15 is 0 Å². The van der Waals surface area contributed by atoms with E-state index < -0.39 is 0 Å². The number of aromatic nitrogens is 3. The van der Waals surface area contributed by atoms with Crippen LogP contribution in [0.4, 0.5) is 0 Å². The minimum Gasteiger partial charge on any atom is -0.381 e. The highest BCUT2D eigenvalue weighted by atomic mass is 79.9. The summed E-state index contributed by atoms with van der Waals surface area (Å²) in [6, 6.07) is 5.99. The number of aromatic amines is 1. The van der Waals surface area contributed by atoms with Crippen LogP contribution < -0.4 is 5.32 Å².